The van der Waals surface area contributed by atoms with Crippen LogP contribution >= 0.6 is 0 Å². The maximum atomic E-state index is 14.9. The molecule has 1 aliphatic heterocycles. The fraction of sp³-hybridized carbons (Fsp3) is 0.836. The number of likely N-dealkylation sites (tertiary alicyclic amines) is 1. The molecule has 11 heteroatoms. The molecule has 2 aliphatic carbocycles. The predicted octanol–water partition coefficient (Wildman–Crippen LogP) is 16.2. The van der Waals surface area contributed by atoms with Gasteiger partial charge in [-0.1, -0.05) is 232 Å². The molecule has 0 radical (unpaired) electrons. The van der Waals surface area contributed by atoms with E-state index in [1.165, 1.54) is 128 Å². The van der Waals surface area contributed by atoms with Crippen molar-refractivity contribution in [1.82, 2.24) is 10.2 Å². The Morgan fingerprint density at radius 2 is 1.12 bits per heavy atom. The quantitative estimate of drug-likeness (QED) is 0.0382. The van der Waals surface area contributed by atoms with Crippen molar-refractivity contribution in [3.63, 3.8) is 0 Å². The minimum Gasteiger partial charge on any atom is -0.462 e. The monoisotopic (exact) mass is 1090 g/mol. The van der Waals surface area contributed by atoms with E-state index in [1.807, 2.05) is 30.3 Å². The van der Waals surface area contributed by atoms with Gasteiger partial charge in [-0.2, -0.15) is 0 Å². The number of esters is 4. The summed E-state index contributed by atoms with van der Waals surface area (Å²) in [4.78, 5) is 71.7. The average molecular weight is 1090 g/mol. The summed E-state index contributed by atoms with van der Waals surface area (Å²) >= 11 is 0. The molecule has 1 aromatic carbocycles. The highest BCUT2D eigenvalue weighted by atomic mass is 16.6. The summed E-state index contributed by atoms with van der Waals surface area (Å²) in [5, 5.41) is 3.42. The number of amides is 1. The number of benzene rings is 1. The third-order valence-corrected chi connectivity index (χ3v) is 18.0. The topological polar surface area (TPSA) is 138 Å². The number of ether oxygens (including phenoxy) is 4. The Morgan fingerprint density at radius 1 is 0.628 bits per heavy atom. The second-order valence-corrected chi connectivity index (χ2v) is 24.9. The molecule has 0 aromatic heterocycles. The van der Waals surface area contributed by atoms with Crippen molar-refractivity contribution in [2.75, 3.05) is 13.2 Å². The van der Waals surface area contributed by atoms with E-state index >= 15 is 0 Å². The molecule has 446 valence electrons. The first-order valence-corrected chi connectivity index (χ1v) is 32.7. The van der Waals surface area contributed by atoms with Crippen molar-refractivity contribution in [2.45, 2.75) is 328 Å². The van der Waals surface area contributed by atoms with Gasteiger partial charge in [0.05, 0.1) is 6.04 Å². The van der Waals surface area contributed by atoms with Gasteiger partial charge in [-0.05, 0) is 100 Å². The van der Waals surface area contributed by atoms with Gasteiger partial charge >= 0.3 is 23.9 Å². The Bertz CT molecular complexity index is 1740. The van der Waals surface area contributed by atoms with Crippen LogP contribution in [-0.4, -0.2) is 84.3 Å². The van der Waals surface area contributed by atoms with Crippen LogP contribution in [0.5, 0.6) is 0 Å². The molecule has 4 rings (SSSR count). The summed E-state index contributed by atoms with van der Waals surface area (Å²) < 4.78 is 24.0. The maximum Gasteiger partial charge on any atom is 0.329 e. The molecule has 1 aromatic rings. The summed E-state index contributed by atoms with van der Waals surface area (Å²) in [6.45, 7) is 12.6. The van der Waals surface area contributed by atoms with Crippen LogP contribution in [0.1, 0.15) is 291 Å². The number of carbonyl (C=O) groups excluding carboxylic acids is 5. The standard InChI is InChI=1S/C67H114N2O9/c1-7-9-11-13-15-17-19-21-23-25-27-29-34-44-62(70)75-51-58(52-76-63(71)45-35-30-28-26-24-22-20-18-16-14-12-10-8-2)78-66(74)61-49-56-41-36-37-43-60(56)69(61)64(72)54(5)68-59(47-46-55-39-32-31-33-40-55)65(73)77-57-42-38-48-67(6,50-57)53(3)4/h31-33,39-40,53-54,56-61,68H,7-30,34-38,41-52H2,1-6H3/t54?,56-,57+,59+,60+,61+,67?/m1/s1. The molecule has 2 saturated carbocycles. The van der Waals surface area contributed by atoms with Crippen LogP contribution in [0.3, 0.4) is 0 Å². The highest BCUT2D eigenvalue weighted by Gasteiger charge is 2.50. The minimum atomic E-state index is -1.02. The fourth-order valence-electron chi connectivity index (χ4n) is 12.6. The summed E-state index contributed by atoms with van der Waals surface area (Å²) in [5.74, 6) is -1.31. The van der Waals surface area contributed by atoms with Gasteiger partial charge in [-0.15, -0.1) is 0 Å². The second kappa shape index (κ2) is 39.8. The van der Waals surface area contributed by atoms with Crippen molar-refractivity contribution >= 4 is 29.8 Å². The van der Waals surface area contributed by atoms with Gasteiger partial charge in [0.2, 0.25) is 5.91 Å². The molecule has 3 aliphatic rings. The van der Waals surface area contributed by atoms with Gasteiger partial charge in [0.25, 0.3) is 0 Å². The molecule has 1 heterocycles. The third-order valence-electron chi connectivity index (χ3n) is 18.0. The van der Waals surface area contributed by atoms with E-state index in [0.29, 0.717) is 25.2 Å². The van der Waals surface area contributed by atoms with E-state index in [-0.39, 0.29) is 73.3 Å². The summed E-state index contributed by atoms with van der Waals surface area (Å²) in [6.07, 6.45) is 39.8. The van der Waals surface area contributed by atoms with Gasteiger partial charge in [0.15, 0.2) is 6.10 Å². The van der Waals surface area contributed by atoms with Crippen LogP contribution in [0.2, 0.25) is 0 Å². The van der Waals surface area contributed by atoms with Crippen molar-refractivity contribution in [3.05, 3.63) is 35.9 Å². The largest absolute Gasteiger partial charge is 0.462 e. The minimum absolute atomic E-state index is 0.0924. The van der Waals surface area contributed by atoms with Crippen molar-refractivity contribution < 1.29 is 42.9 Å². The number of aryl methyl sites for hydroxylation is 1. The van der Waals surface area contributed by atoms with E-state index in [2.05, 4.69) is 39.9 Å². The number of nitrogens with zero attached hydrogens (tertiary/aromatic N) is 1. The van der Waals surface area contributed by atoms with E-state index in [4.69, 9.17) is 18.9 Å². The van der Waals surface area contributed by atoms with Crippen LogP contribution in [-0.2, 0) is 49.3 Å². The molecular weight excluding hydrogens is 977 g/mol. The van der Waals surface area contributed by atoms with E-state index in [9.17, 15) is 24.0 Å². The zero-order chi connectivity index (χ0) is 56.2. The Hall–Kier alpha value is -3.47. The van der Waals surface area contributed by atoms with Gasteiger partial charge in [-0.25, -0.2) is 4.79 Å². The van der Waals surface area contributed by atoms with Crippen molar-refractivity contribution in [3.8, 4) is 0 Å². The molecule has 0 spiro atoms. The Kier molecular flexibility index (Phi) is 34.2. The number of nitrogens with one attached hydrogen (secondary N) is 1. The van der Waals surface area contributed by atoms with Crippen LogP contribution in [0.25, 0.3) is 0 Å². The molecule has 1 N–H and O–H groups in total. The highest BCUT2D eigenvalue weighted by Crippen LogP contribution is 2.43. The second-order valence-electron chi connectivity index (χ2n) is 24.9. The van der Waals surface area contributed by atoms with E-state index < -0.39 is 30.2 Å². The lowest BCUT2D eigenvalue weighted by atomic mass is 9.67. The maximum absolute atomic E-state index is 14.9. The Morgan fingerprint density at radius 3 is 1.62 bits per heavy atom. The van der Waals surface area contributed by atoms with Crippen LogP contribution < -0.4 is 5.32 Å². The molecule has 1 saturated heterocycles. The zero-order valence-corrected chi connectivity index (χ0v) is 50.6. The molecule has 1 amide bonds. The number of hydrogen-bond acceptors (Lipinski definition) is 10. The van der Waals surface area contributed by atoms with E-state index in [0.717, 1.165) is 95.5 Å². The molecule has 0 bridgehead atoms. The van der Waals surface area contributed by atoms with Crippen molar-refractivity contribution in [1.29, 1.82) is 0 Å². The number of carbonyl (C=O) groups is 5. The SMILES string of the molecule is CCCCCCCCCCCCCCCC(=O)OCC(COC(=O)CCCCCCCCCCCCCCC)OC(=O)[C@@H]1C[C@H]2CCCC[C@@H]2N1C(=O)C(C)N[C@@H](CCc1ccccc1)C(=O)O[C@H]1CCCC(C)(C(C)C)C1. The number of unbranched alkanes of at least 4 members (excludes halogenated alkanes) is 24. The molecule has 78 heavy (non-hydrogen) atoms. The van der Waals surface area contributed by atoms with Crippen LogP contribution in [0.4, 0.5) is 0 Å². The lowest BCUT2D eigenvalue weighted by Gasteiger charge is -2.41. The predicted molar refractivity (Wildman–Crippen MR) is 316 cm³/mol. The molecule has 7 atom stereocenters. The first-order valence-electron chi connectivity index (χ1n) is 32.7. The first-order chi connectivity index (χ1) is 37.8. The van der Waals surface area contributed by atoms with Gasteiger partial charge in [0, 0.05) is 18.9 Å². The Labute approximate surface area is 475 Å². The summed E-state index contributed by atoms with van der Waals surface area (Å²) in [7, 11) is 0. The van der Waals surface area contributed by atoms with Gasteiger partial charge < -0.3 is 23.8 Å². The summed E-state index contributed by atoms with van der Waals surface area (Å²) in [5.41, 5.74) is 1.19. The van der Waals surface area contributed by atoms with Crippen LogP contribution in [0.15, 0.2) is 30.3 Å². The Balaban J connectivity index is 1.35. The van der Waals surface area contributed by atoms with Gasteiger partial charge in [0.1, 0.15) is 31.4 Å². The summed E-state index contributed by atoms with van der Waals surface area (Å²) in [6, 6.07) is 7.51. The number of hydrogen-bond donors (Lipinski definition) is 1. The highest BCUT2D eigenvalue weighted by molar-refractivity contribution is 5.89. The molecule has 3 fully saturated rings. The fourth-order valence-corrected chi connectivity index (χ4v) is 12.6. The smallest absolute Gasteiger partial charge is 0.329 e. The van der Waals surface area contributed by atoms with E-state index in [1.54, 1.807) is 11.8 Å². The lowest BCUT2D eigenvalue weighted by Crippen LogP contribution is -2.56. The third kappa shape index (κ3) is 26.4. The van der Waals surface area contributed by atoms with Gasteiger partial charge in [-0.3, -0.25) is 24.5 Å². The normalized spacial score (nSPS) is 21.1. The first kappa shape index (κ1) is 67.0. The average Bonchev–Trinajstić information content (AvgIpc) is 3.85. The molecule has 11 nitrogen and oxygen atoms in total. The number of fused-ring (bicyclic) bond motifs is 1. The zero-order valence-electron chi connectivity index (χ0n) is 50.6. The molecular formula is C67H114N2O9. The van der Waals surface area contributed by atoms with Crippen molar-refractivity contribution in [2.24, 2.45) is 17.3 Å². The number of rotatable bonds is 43. The lowest BCUT2D eigenvalue weighted by molar-refractivity contribution is -0.171. The molecule has 2 unspecified atom stereocenters. The van der Waals surface area contributed by atoms with Crippen LogP contribution in [0, 0.1) is 17.3 Å².